The summed E-state index contributed by atoms with van der Waals surface area (Å²) in [5, 5.41) is 1.88. The molecule has 0 saturated heterocycles. The van der Waals surface area contributed by atoms with Gasteiger partial charge in [0.05, 0.1) is 17.9 Å². The van der Waals surface area contributed by atoms with Gasteiger partial charge in [0, 0.05) is 30.2 Å². The summed E-state index contributed by atoms with van der Waals surface area (Å²) in [6.07, 6.45) is -0.376. The molecule has 3 aromatic rings. The maximum atomic E-state index is 13.3. The quantitative estimate of drug-likeness (QED) is 0.572. The average Bonchev–Trinajstić information content (AvgIpc) is 3.37. The lowest BCUT2D eigenvalue weighted by Gasteiger charge is -2.36. The highest BCUT2D eigenvalue weighted by Crippen LogP contribution is 2.40. The molecular formula is C23H23F3N4O2S. The molecule has 1 aliphatic heterocycles. The Kier molecular flexibility index (Phi) is 5.23. The second kappa shape index (κ2) is 7.86. The number of nitrogens with zero attached hydrogens (tertiary/aromatic N) is 4. The average molecular weight is 477 g/mol. The monoisotopic (exact) mass is 476 g/mol. The summed E-state index contributed by atoms with van der Waals surface area (Å²) < 4.78 is 42.6. The molecule has 2 atom stereocenters. The predicted molar refractivity (Wildman–Crippen MR) is 118 cm³/mol. The van der Waals surface area contributed by atoms with Crippen molar-refractivity contribution in [3.8, 4) is 5.69 Å². The Morgan fingerprint density at radius 2 is 2.03 bits per heavy atom. The van der Waals surface area contributed by atoms with Crippen LogP contribution in [0.4, 0.5) is 13.2 Å². The Hall–Kier alpha value is -2.88. The number of pyridine rings is 1. The molecule has 1 amide bonds. The molecule has 10 heteroatoms. The number of hydrogen-bond acceptors (Lipinski definition) is 4. The van der Waals surface area contributed by atoms with Gasteiger partial charge in [-0.05, 0) is 61.7 Å². The van der Waals surface area contributed by atoms with Gasteiger partial charge in [0.25, 0.3) is 11.5 Å². The Labute approximate surface area is 192 Å². The van der Waals surface area contributed by atoms with E-state index in [1.807, 2.05) is 19.2 Å². The summed E-state index contributed by atoms with van der Waals surface area (Å²) in [5.74, 6) is -1.54. The van der Waals surface area contributed by atoms with Crippen LogP contribution < -0.4 is 5.56 Å². The number of fused-ring (bicyclic) bond motifs is 2. The van der Waals surface area contributed by atoms with E-state index in [0.29, 0.717) is 30.9 Å². The van der Waals surface area contributed by atoms with Gasteiger partial charge in [-0.1, -0.05) is 0 Å². The van der Waals surface area contributed by atoms with Gasteiger partial charge in [-0.25, -0.2) is 4.98 Å². The molecule has 33 heavy (non-hydrogen) atoms. The Morgan fingerprint density at radius 1 is 1.24 bits per heavy atom. The van der Waals surface area contributed by atoms with Gasteiger partial charge in [0.15, 0.2) is 0 Å². The molecule has 0 bridgehead atoms. The molecule has 0 saturated carbocycles. The van der Waals surface area contributed by atoms with Crippen LogP contribution in [0.3, 0.4) is 0 Å². The first-order valence-electron chi connectivity index (χ1n) is 10.8. The lowest BCUT2D eigenvalue weighted by atomic mass is 9.86. The number of hydrogen-bond donors (Lipinski definition) is 0. The van der Waals surface area contributed by atoms with Crippen molar-refractivity contribution in [1.82, 2.24) is 19.0 Å². The van der Waals surface area contributed by atoms with E-state index in [4.69, 9.17) is 0 Å². The van der Waals surface area contributed by atoms with E-state index in [0.717, 1.165) is 21.7 Å². The van der Waals surface area contributed by atoms with Crippen LogP contribution in [0.1, 0.15) is 45.5 Å². The second-order valence-corrected chi connectivity index (χ2v) is 9.83. The summed E-state index contributed by atoms with van der Waals surface area (Å²) in [5.41, 5.74) is 3.15. The molecule has 0 aromatic carbocycles. The van der Waals surface area contributed by atoms with E-state index in [-0.39, 0.29) is 30.3 Å². The maximum absolute atomic E-state index is 13.3. The van der Waals surface area contributed by atoms with Gasteiger partial charge in [-0.3, -0.25) is 9.59 Å². The molecule has 5 rings (SSSR count). The Balaban J connectivity index is 1.41. The minimum absolute atomic E-state index is 0.0156. The third kappa shape index (κ3) is 3.80. The summed E-state index contributed by atoms with van der Waals surface area (Å²) in [6, 6.07) is 3.06. The third-order valence-corrected chi connectivity index (χ3v) is 7.75. The topological polar surface area (TPSA) is 60.1 Å². The fraction of sp³-hybridized carbons (Fsp3) is 0.435. The summed E-state index contributed by atoms with van der Waals surface area (Å²) >= 11 is 1.35. The summed E-state index contributed by atoms with van der Waals surface area (Å²) in [4.78, 5) is 33.1. The van der Waals surface area contributed by atoms with Gasteiger partial charge in [0.1, 0.15) is 11.4 Å². The van der Waals surface area contributed by atoms with Gasteiger partial charge >= 0.3 is 6.18 Å². The van der Waals surface area contributed by atoms with Gasteiger partial charge < -0.3 is 14.0 Å². The smallest absolute Gasteiger partial charge is 0.329 e. The van der Waals surface area contributed by atoms with Crippen LogP contribution in [0.25, 0.3) is 5.69 Å². The van der Waals surface area contributed by atoms with Crippen LogP contribution in [-0.4, -0.2) is 37.1 Å². The number of amides is 1. The van der Waals surface area contributed by atoms with E-state index in [1.165, 1.54) is 15.9 Å². The van der Waals surface area contributed by atoms with Crippen molar-refractivity contribution in [3.63, 3.8) is 0 Å². The molecule has 0 radical (unpaired) electrons. The highest BCUT2D eigenvalue weighted by molar-refractivity contribution is 7.10. The standard InChI is InChI=1S/C23H23F3N4O2S/c1-13-8-28(12-27-13)18-5-6-19-22(32)29(14(2)9-30(19)21(18)31)10-15-11-33-20-7-16(23(24,25)26)3-4-17(15)20/h5-6,8,11-12,14,16H,3-4,7,9-10H2,1-2H3. The van der Waals surface area contributed by atoms with Gasteiger partial charge in [-0.2, -0.15) is 13.2 Å². The summed E-state index contributed by atoms with van der Waals surface area (Å²) in [6.45, 7) is 4.41. The van der Waals surface area contributed by atoms with Gasteiger partial charge in [0.2, 0.25) is 0 Å². The SMILES string of the molecule is Cc1cn(-c2ccc3n(c2=O)CC(C)N(Cc2csc4c2CCC(C(F)(F)F)C4)C3=O)cn1. The van der Waals surface area contributed by atoms with Crippen molar-refractivity contribution in [1.29, 1.82) is 0 Å². The lowest BCUT2D eigenvalue weighted by molar-refractivity contribution is -0.176. The fourth-order valence-corrected chi connectivity index (χ4v) is 5.97. The number of halogens is 3. The van der Waals surface area contributed by atoms with E-state index < -0.39 is 12.1 Å². The Morgan fingerprint density at radius 3 is 2.73 bits per heavy atom. The number of thiophene rings is 1. The van der Waals surface area contributed by atoms with Crippen LogP contribution in [0.5, 0.6) is 0 Å². The summed E-state index contributed by atoms with van der Waals surface area (Å²) in [7, 11) is 0. The van der Waals surface area contributed by atoms with Crippen molar-refractivity contribution >= 4 is 17.2 Å². The largest absolute Gasteiger partial charge is 0.392 e. The fourth-order valence-electron chi connectivity index (χ4n) is 4.80. The van der Waals surface area contributed by atoms with Crippen LogP contribution in [0.15, 0.2) is 34.8 Å². The Bertz CT molecular complexity index is 1290. The van der Waals surface area contributed by atoms with Crippen molar-refractivity contribution in [2.75, 3.05) is 0 Å². The molecule has 3 aromatic heterocycles. The lowest BCUT2D eigenvalue weighted by Crippen LogP contribution is -2.49. The number of carbonyl (C=O) groups excluding carboxylic acids is 1. The van der Waals surface area contributed by atoms with Crippen LogP contribution in [0, 0.1) is 12.8 Å². The molecule has 0 spiro atoms. The molecule has 0 N–H and O–H groups in total. The van der Waals surface area contributed by atoms with E-state index in [1.54, 1.807) is 34.1 Å². The minimum Gasteiger partial charge on any atom is -0.329 e. The van der Waals surface area contributed by atoms with Crippen molar-refractivity contribution < 1.29 is 18.0 Å². The molecule has 174 valence electrons. The predicted octanol–water partition coefficient (Wildman–Crippen LogP) is 4.12. The zero-order chi connectivity index (χ0) is 23.5. The van der Waals surface area contributed by atoms with Crippen LogP contribution in [-0.2, 0) is 25.9 Å². The van der Waals surface area contributed by atoms with E-state index in [9.17, 15) is 22.8 Å². The minimum atomic E-state index is -4.18. The first-order valence-corrected chi connectivity index (χ1v) is 11.7. The number of carbonyl (C=O) groups is 1. The molecule has 2 unspecified atom stereocenters. The molecule has 0 fully saturated rings. The number of aromatic nitrogens is 3. The number of rotatable bonds is 3. The van der Waals surface area contributed by atoms with Crippen molar-refractivity contribution in [2.24, 2.45) is 5.92 Å². The third-order valence-electron chi connectivity index (χ3n) is 6.65. The van der Waals surface area contributed by atoms with Crippen LogP contribution in [0.2, 0.25) is 0 Å². The molecule has 2 aliphatic rings. The van der Waals surface area contributed by atoms with Gasteiger partial charge in [-0.15, -0.1) is 11.3 Å². The number of alkyl halides is 3. The zero-order valence-corrected chi connectivity index (χ0v) is 19.0. The zero-order valence-electron chi connectivity index (χ0n) is 18.2. The van der Waals surface area contributed by atoms with Crippen LogP contribution >= 0.6 is 11.3 Å². The number of imidazole rings is 1. The molecule has 6 nitrogen and oxygen atoms in total. The molecular weight excluding hydrogens is 453 g/mol. The molecule has 4 heterocycles. The van der Waals surface area contributed by atoms with E-state index >= 15 is 0 Å². The first-order chi connectivity index (χ1) is 15.6. The highest BCUT2D eigenvalue weighted by Gasteiger charge is 2.42. The maximum Gasteiger partial charge on any atom is 0.392 e. The second-order valence-electron chi connectivity index (χ2n) is 8.87. The molecule has 1 aliphatic carbocycles. The highest BCUT2D eigenvalue weighted by atomic mass is 32.1. The van der Waals surface area contributed by atoms with E-state index in [2.05, 4.69) is 4.98 Å². The number of aryl methyl sites for hydroxylation is 1. The normalized spacial score (nSPS) is 20.6. The van der Waals surface area contributed by atoms with Crippen molar-refractivity contribution in [3.05, 3.63) is 67.8 Å². The van der Waals surface area contributed by atoms with Crippen molar-refractivity contribution in [2.45, 2.75) is 58.4 Å². The first kappa shape index (κ1) is 21.9.